The minimum absolute atomic E-state index is 0. The molecule has 0 aliphatic heterocycles. The van der Waals surface area contributed by atoms with E-state index in [9.17, 15) is 9.67 Å². The predicted molar refractivity (Wildman–Crippen MR) is 83.1 cm³/mol. The molecule has 3 nitrogen and oxygen atoms in total. The van der Waals surface area contributed by atoms with Crippen molar-refractivity contribution in [3.8, 4) is 5.75 Å². The molecule has 22 heavy (non-hydrogen) atoms. The van der Waals surface area contributed by atoms with Crippen LogP contribution in [-0.4, -0.2) is 4.98 Å². The van der Waals surface area contributed by atoms with E-state index in [0.717, 1.165) is 0 Å². The third-order valence-corrected chi connectivity index (χ3v) is 6.27. The van der Waals surface area contributed by atoms with Crippen molar-refractivity contribution in [2.24, 2.45) is 0 Å². The smallest absolute Gasteiger partial charge is 0.871 e. The molecule has 0 spiro atoms. The van der Waals surface area contributed by atoms with Crippen molar-refractivity contribution < 1.29 is 28.5 Å². The van der Waals surface area contributed by atoms with Crippen LogP contribution in [0.5, 0.6) is 5.75 Å². The van der Waals surface area contributed by atoms with Crippen LogP contribution in [0.15, 0.2) is 79.0 Å². The number of aromatic nitrogens is 1. The van der Waals surface area contributed by atoms with Gasteiger partial charge in [-0.25, -0.2) is 0 Å². The predicted octanol–water partition coefficient (Wildman–Crippen LogP) is -1.20. The molecule has 0 radical (unpaired) electrons. The van der Waals surface area contributed by atoms with Gasteiger partial charge in [0.05, 0.1) is 0 Å². The van der Waals surface area contributed by atoms with E-state index in [0.29, 0.717) is 10.6 Å². The summed E-state index contributed by atoms with van der Waals surface area (Å²) < 4.78 is 13.8. The Morgan fingerprint density at radius 1 is 0.773 bits per heavy atom. The van der Waals surface area contributed by atoms with E-state index in [-0.39, 0.29) is 30.0 Å². The Labute approximate surface area is 141 Å². The molecule has 0 N–H and O–H groups in total. The Morgan fingerprint density at radius 3 is 1.73 bits per heavy atom. The summed E-state index contributed by atoms with van der Waals surface area (Å²) in [7, 11) is -3.24. The Hall–Kier alpha value is -1.78. The maximum atomic E-state index is 13.8. The quantitative estimate of drug-likeness (QED) is 0.451. The summed E-state index contributed by atoms with van der Waals surface area (Å²) in [6, 6.07) is 21.1. The molecule has 3 rings (SSSR count). The number of pyridine rings is 1. The van der Waals surface area contributed by atoms with E-state index < -0.39 is 7.14 Å². The minimum atomic E-state index is -3.24. The van der Waals surface area contributed by atoms with Gasteiger partial charge in [0.25, 0.3) is 0 Å². The number of hydrogen-bond acceptors (Lipinski definition) is 3. The molecule has 0 amide bonds. The van der Waals surface area contributed by atoms with Gasteiger partial charge in [0, 0.05) is 16.8 Å². The van der Waals surface area contributed by atoms with Crippen molar-refractivity contribution >= 4 is 23.2 Å². The first-order valence-electron chi connectivity index (χ1n) is 6.57. The van der Waals surface area contributed by atoms with Crippen LogP contribution in [0.3, 0.4) is 0 Å². The zero-order chi connectivity index (χ0) is 14.7. The summed E-state index contributed by atoms with van der Waals surface area (Å²) in [6.45, 7) is 0. The van der Waals surface area contributed by atoms with Crippen LogP contribution in [-0.2, 0) is 4.57 Å². The average Bonchev–Trinajstić information content (AvgIpc) is 2.56. The fraction of sp³-hybridized carbons (Fsp3) is 0. The summed E-state index contributed by atoms with van der Waals surface area (Å²) in [4.78, 5) is 4.13. The van der Waals surface area contributed by atoms with Crippen LogP contribution in [0, 0.1) is 0 Å². The second-order valence-corrected chi connectivity index (χ2v) is 7.28. The zero-order valence-corrected chi connectivity index (χ0v) is 13.1. The molecule has 2 aromatic carbocycles. The van der Waals surface area contributed by atoms with E-state index in [4.69, 9.17) is 0 Å². The van der Waals surface area contributed by atoms with Crippen LogP contribution >= 0.6 is 7.14 Å². The van der Waals surface area contributed by atoms with Gasteiger partial charge in [-0.05, 0) is 6.07 Å². The molecule has 0 bridgehead atoms. The van der Waals surface area contributed by atoms with Gasteiger partial charge in [0.15, 0.2) is 7.14 Å². The average molecular weight is 301 g/mol. The molecule has 104 valence electrons. The second kappa shape index (κ2) is 6.98. The maximum absolute atomic E-state index is 13.8. The molecule has 0 unspecified atom stereocenters. The van der Waals surface area contributed by atoms with Crippen LogP contribution in [0.25, 0.3) is 0 Å². The third kappa shape index (κ3) is 2.89. The van der Waals surface area contributed by atoms with Crippen LogP contribution in [0.2, 0.25) is 0 Å². The standard InChI is InChI=1S/C17H14NO2P.Li/c19-16-12-7-13-18-17(16)21(20,14-8-3-1-4-9-14)15-10-5-2-6-11-15;/h1-13,19H;/q;+1/p-1. The number of hydrogen-bond donors (Lipinski definition) is 0. The van der Waals surface area contributed by atoms with Gasteiger partial charge >= 0.3 is 18.9 Å². The first-order valence-corrected chi connectivity index (χ1v) is 8.27. The zero-order valence-electron chi connectivity index (χ0n) is 12.2. The molecule has 3 aromatic rings. The normalized spacial score (nSPS) is 10.7. The van der Waals surface area contributed by atoms with Crippen LogP contribution < -0.4 is 40.0 Å². The Bertz CT molecular complexity index is 751. The largest absolute Gasteiger partial charge is 1.00 e. The van der Waals surface area contributed by atoms with Crippen molar-refractivity contribution in [2.75, 3.05) is 0 Å². The van der Waals surface area contributed by atoms with Gasteiger partial charge in [0.2, 0.25) is 0 Å². The van der Waals surface area contributed by atoms with Crippen molar-refractivity contribution in [1.82, 2.24) is 4.98 Å². The van der Waals surface area contributed by atoms with E-state index in [1.807, 2.05) is 36.4 Å². The van der Waals surface area contributed by atoms with E-state index in [1.165, 1.54) is 12.3 Å². The van der Waals surface area contributed by atoms with Crippen molar-refractivity contribution in [3.63, 3.8) is 0 Å². The van der Waals surface area contributed by atoms with Crippen molar-refractivity contribution in [1.29, 1.82) is 0 Å². The Balaban J connectivity index is 0.00000176. The number of nitrogens with zero attached hydrogens (tertiary/aromatic N) is 1. The van der Waals surface area contributed by atoms with E-state index in [1.54, 1.807) is 30.3 Å². The molecule has 0 saturated heterocycles. The van der Waals surface area contributed by atoms with Gasteiger partial charge in [0.1, 0.15) is 5.44 Å². The van der Waals surface area contributed by atoms with Gasteiger partial charge in [-0.3, -0.25) is 4.98 Å². The SMILES string of the molecule is O=P(c1ccccc1)(c1ccccc1)c1ncccc1[O-].[Li+]. The second-order valence-electron chi connectivity index (χ2n) is 4.61. The van der Waals surface area contributed by atoms with Crippen molar-refractivity contribution in [2.45, 2.75) is 0 Å². The van der Waals surface area contributed by atoms with Gasteiger partial charge in [-0.15, -0.1) is 0 Å². The van der Waals surface area contributed by atoms with E-state index in [2.05, 4.69) is 4.98 Å². The maximum Gasteiger partial charge on any atom is 1.00 e. The minimum Gasteiger partial charge on any atom is -0.871 e. The van der Waals surface area contributed by atoms with Crippen LogP contribution in [0.1, 0.15) is 0 Å². The Kier molecular flexibility index (Phi) is 5.27. The molecule has 0 saturated carbocycles. The van der Waals surface area contributed by atoms with Gasteiger partial charge in [-0.2, -0.15) is 0 Å². The molecule has 5 heteroatoms. The van der Waals surface area contributed by atoms with Gasteiger partial charge < -0.3 is 9.67 Å². The molecule has 0 fully saturated rings. The van der Waals surface area contributed by atoms with Crippen LogP contribution in [0.4, 0.5) is 0 Å². The number of benzene rings is 2. The Morgan fingerprint density at radius 2 is 1.27 bits per heavy atom. The first kappa shape index (κ1) is 16.6. The first-order chi connectivity index (χ1) is 10.2. The molecule has 0 atom stereocenters. The molecular weight excluding hydrogens is 288 g/mol. The van der Waals surface area contributed by atoms with E-state index >= 15 is 0 Å². The molecule has 1 aromatic heterocycles. The molecule has 0 aliphatic carbocycles. The summed E-state index contributed by atoms with van der Waals surface area (Å²) in [5.74, 6) is -0.298. The topological polar surface area (TPSA) is 53.0 Å². The van der Waals surface area contributed by atoms with Crippen molar-refractivity contribution in [3.05, 3.63) is 79.0 Å². The summed E-state index contributed by atoms with van der Waals surface area (Å²) in [5.41, 5.74) is 0.113. The number of rotatable bonds is 3. The molecular formula is C17H13LiNO2P. The molecule has 0 aliphatic rings. The summed E-state index contributed by atoms with van der Waals surface area (Å²) in [6.07, 6.45) is 1.51. The molecule has 1 heterocycles. The summed E-state index contributed by atoms with van der Waals surface area (Å²) in [5, 5.41) is 13.4. The monoisotopic (exact) mass is 301 g/mol. The third-order valence-electron chi connectivity index (χ3n) is 3.29. The fourth-order valence-corrected chi connectivity index (χ4v) is 4.87. The van der Waals surface area contributed by atoms with Gasteiger partial charge in [-0.1, -0.05) is 72.5 Å². The fourth-order valence-electron chi connectivity index (χ4n) is 2.29. The summed E-state index contributed by atoms with van der Waals surface area (Å²) >= 11 is 0.